The van der Waals surface area contributed by atoms with Crippen LogP contribution in [0.1, 0.15) is 201 Å². The molecule has 0 aliphatic rings. The Morgan fingerprint density at radius 3 is 0.971 bits per heavy atom. The molecule has 0 bridgehead atoms. The van der Waals surface area contributed by atoms with Gasteiger partial charge in [0.15, 0.2) is 6.10 Å². The van der Waals surface area contributed by atoms with Gasteiger partial charge < -0.3 is 14.2 Å². The van der Waals surface area contributed by atoms with Gasteiger partial charge in [-0.25, -0.2) is 0 Å². The molecule has 0 aliphatic heterocycles. The summed E-state index contributed by atoms with van der Waals surface area (Å²) in [7, 11) is 0. The Balaban J connectivity index is 4.48. The van der Waals surface area contributed by atoms with Crippen LogP contribution in [-0.4, -0.2) is 37.9 Å². The lowest BCUT2D eigenvalue weighted by molar-refractivity contribution is -0.163. The van der Waals surface area contributed by atoms with E-state index in [-0.39, 0.29) is 25.2 Å². The molecule has 0 rings (SSSR count). The third-order valence-electron chi connectivity index (χ3n) is 10.5. The Hall–Kier alpha value is -4.48. The minimum atomic E-state index is -0.593. The molecule has 0 radical (unpaired) electrons. The fraction of sp³-hybridized carbons (Fsp3) is 0.556. The second kappa shape index (κ2) is 56.8. The summed E-state index contributed by atoms with van der Waals surface area (Å²) in [4.78, 5) is 25.5. The van der Waals surface area contributed by atoms with E-state index in [9.17, 15) is 9.59 Å². The number of allylic oxidation sites excluding steroid dienone is 26. The zero-order valence-electron chi connectivity index (χ0n) is 43.6. The van der Waals surface area contributed by atoms with Crippen LogP contribution in [0.4, 0.5) is 0 Å². The van der Waals surface area contributed by atoms with Crippen LogP contribution < -0.4 is 0 Å². The molecule has 1 unspecified atom stereocenters. The predicted molar refractivity (Wildman–Crippen MR) is 297 cm³/mol. The highest BCUT2D eigenvalue weighted by molar-refractivity contribution is 5.70. The maximum absolute atomic E-state index is 12.8. The summed E-state index contributed by atoms with van der Waals surface area (Å²) in [5, 5.41) is 0. The first-order valence-electron chi connectivity index (χ1n) is 27.0. The number of esters is 2. The molecule has 0 spiro atoms. The van der Waals surface area contributed by atoms with E-state index in [2.05, 4.69) is 179 Å². The van der Waals surface area contributed by atoms with Crippen molar-refractivity contribution >= 4 is 11.9 Å². The van der Waals surface area contributed by atoms with E-state index in [4.69, 9.17) is 14.2 Å². The second-order valence-corrected chi connectivity index (χ2v) is 17.0. The van der Waals surface area contributed by atoms with Gasteiger partial charge in [-0.05, 0) is 141 Å². The molecule has 0 aromatic carbocycles. The highest BCUT2D eigenvalue weighted by atomic mass is 16.6. The minimum absolute atomic E-state index is 0.0334. The fourth-order valence-corrected chi connectivity index (χ4v) is 6.63. The molecule has 5 nitrogen and oxygen atoms in total. The molecule has 0 heterocycles. The number of carbonyl (C=O) groups is 2. The Kier molecular flexibility index (Phi) is 53.1. The van der Waals surface area contributed by atoms with Crippen molar-refractivity contribution in [3.8, 4) is 0 Å². The van der Waals surface area contributed by atoms with Crippen LogP contribution in [0.2, 0.25) is 0 Å². The molecule has 0 aromatic rings. The Morgan fingerprint density at radius 1 is 0.324 bits per heavy atom. The summed E-state index contributed by atoms with van der Waals surface area (Å²) in [5.74, 6) is -0.499. The number of ether oxygens (including phenoxy) is 3. The van der Waals surface area contributed by atoms with Crippen molar-refractivity contribution in [2.24, 2.45) is 0 Å². The third-order valence-corrected chi connectivity index (χ3v) is 10.5. The van der Waals surface area contributed by atoms with E-state index in [0.29, 0.717) is 19.4 Å². The second-order valence-electron chi connectivity index (χ2n) is 17.0. The highest BCUT2D eigenvalue weighted by Crippen LogP contribution is 2.11. The van der Waals surface area contributed by atoms with Crippen molar-refractivity contribution < 1.29 is 23.8 Å². The van der Waals surface area contributed by atoms with E-state index in [0.717, 1.165) is 161 Å². The van der Waals surface area contributed by atoms with Crippen molar-refractivity contribution in [2.75, 3.05) is 19.8 Å². The summed E-state index contributed by atoms with van der Waals surface area (Å²) in [5.41, 5.74) is 0. The normalized spacial score (nSPS) is 13.5. The summed E-state index contributed by atoms with van der Waals surface area (Å²) in [6.45, 7) is 7.34. The van der Waals surface area contributed by atoms with Crippen molar-refractivity contribution in [1.29, 1.82) is 0 Å². The van der Waals surface area contributed by atoms with Gasteiger partial charge in [-0.15, -0.1) is 0 Å². The van der Waals surface area contributed by atoms with Crippen LogP contribution in [0.3, 0.4) is 0 Å². The standard InChI is InChI=1S/C63H98O5/c1-4-7-10-13-16-19-22-25-28-30-32-34-36-38-41-44-47-50-53-56-62(64)67-60-61(59-66-58-55-52-49-46-43-40-27-24-21-18-15-12-9-6-3)68-63(65)57-54-51-48-45-42-39-37-35-33-31-29-26-23-20-17-14-11-8-5-2/h7-12,16-21,25-29,32-35,38-42,61H,4-6,13-15,22-24,30-31,36-37,43-60H2,1-3H3/b10-7-,11-8-,12-9-,19-16-,20-17-,21-18-,28-25-,29-26-,34-32-,35-33-,40-27-,41-38-,42-39-. The fourth-order valence-electron chi connectivity index (χ4n) is 6.63. The van der Waals surface area contributed by atoms with Gasteiger partial charge in [-0.1, -0.05) is 204 Å². The van der Waals surface area contributed by atoms with Crippen LogP contribution in [0.5, 0.6) is 0 Å². The number of hydrogen-bond acceptors (Lipinski definition) is 5. The molecular formula is C63H98O5. The first-order chi connectivity index (χ1) is 33.6. The largest absolute Gasteiger partial charge is 0.462 e. The molecule has 0 saturated carbocycles. The Labute approximate surface area is 418 Å². The molecule has 0 amide bonds. The van der Waals surface area contributed by atoms with E-state index in [1.54, 1.807) is 0 Å². The molecule has 380 valence electrons. The summed E-state index contributed by atoms with van der Waals surface area (Å²) < 4.78 is 17.4. The van der Waals surface area contributed by atoms with Crippen molar-refractivity contribution in [2.45, 2.75) is 207 Å². The maximum Gasteiger partial charge on any atom is 0.306 e. The number of carbonyl (C=O) groups excluding carboxylic acids is 2. The molecular weight excluding hydrogens is 837 g/mol. The number of unbranched alkanes of at least 4 members (excludes halogenated alkanes) is 10. The third kappa shape index (κ3) is 54.1. The van der Waals surface area contributed by atoms with E-state index < -0.39 is 6.10 Å². The Bertz CT molecular complexity index is 1520. The van der Waals surface area contributed by atoms with Gasteiger partial charge >= 0.3 is 11.9 Å². The lowest BCUT2D eigenvalue weighted by Gasteiger charge is -2.18. The summed E-state index contributed by atoms with van der Waals surface area (Å²) >= 11 is 0. The smallest absolute Gasteiger partial charge is 0.306 e. The van der Waals surface area contributed by atoms with E-state index in [1.165, 1.54) is 6.42 Å². The van der Waals surface area contributed by atoms with Crippen LogP contribution in [0.15, 0.2) is 158 Å². The molecule has 68 heavy (non-hydrogen) atoms. The topological polar surface area (TPSA) is 61.8 Å². The maximum atomic E-state index is 12.8. The van der Waals surface area contributed by atoms with Crippen LogP contribution in [0.25, 0.3) is 0 Å². The van der Waals surface area contributed by atoms with Gasteiger partial charge in [-0.2, -0.15) is 0 Å². The quantitative estimate of drug-likeness (QED) is 0.0346. The van der Waals surface area contributed by atoms with Gasteiger partial charge in [0.2, 0.25) is 0 Å². The SMILES string of the molecule is CC/C=C\C/C=C\C/C=C\C/C=C\C/C=C\CCCCCC(=O)OCC(COCCCCCC/C=C\C/C=C\C/C=C\CC)OC(=O)CCCCC/C=C\C/C=C\C/C=C\C/C=C\C/C=C\CC. The lowest BCUT2D eigenvalue weighted by Crippen LogP contribution is -2.30. The van der Waals surface area contributed by atoms with Gasteiger partial charge in [0.25, 0.3) is 0 Å². The summed E-state index contributed by atoms with van der Waals surface area (Å²) in [6.07, 6.45) is 84.0. The van der Waals surface area contributed by atoms with Gasteiger partial charge in [0, 0.05) is 19.4 Å². The first-order valence-corrected chi connectivity index (χ1v) is 27.0. The van der Waals surface area contributed by atoms with Crippen LogP contribution in [-0.2, 0) is 23.8 Å². The zero-order chi connectivity index (χ0) is 49.2. The van der Waals surface area contributed by atoms with E-state index in [1.807, 2.05) is 0 Å². The molecule has 0 N–H and O–H groups in total. The summed E-state index contributed by atoms with van der Waals surface area (Å²) in [6, 6.07) is 0. The number of rotatable bonds is 47. The van der Waals surface area contributed by atoms with Crippen molar-refractivity contribution in [3.05, 3.63) is 158 Å². The molecule has 0 aromatic heterocycles. The van der Waals surface area contributed by atoms with Crippen molar-refractivity contribution in [1.82, 2.24) is 0 Å². The molecule has 1 atom stereocenters. The van der Waals surface area contributed by atoms with Crippen LogP contribution >= 0.6 is 0 Å². The zero-order valence-corrected chi connectivity index (χ0v) is 43.6. The van der Waals surface area contributed by atoms with E-state index >= 15 is 0 Å². The molecule has 0 saturated heterocycles. The number of hydrogen-bond donors (Lipinski definition) is 0. The minimum Gasteiger partial charge on any atom is -0.462 e. The van der Waals surface area contributed by atoms with Gasteiger partial charge in [0.1, 0.15) is 6.61 Å². The monoisotopic (exact) mass is 935 g/mol. The highest BCUT2D eigenvalue weighted by Gasteiger charge is 2.17. The molecule has 5 heteroatoms. The van der Waals surface area contributed by atoms with Crippen LogP contribution in [0, 0.1) is 0 Å². The predicted octanol–water partition coefficient (Wildman–Crippen LogP) is 18.7. The van der Waals surface area contributed by atoms with Crippen molar-refractivity contribution in [3.63, 3.8) is 0 Å². The molecule has 0 aliphatic carbocycles. The molecule has 0 fully saturated rings. The first kappa shape index (κ1) is 63.5. The Morgan fingerprint density at radius 2 is 0.618 bits per heavy atom. The average molecular weight is 935 g/mol. The average Bonchev–Trinajstić information content (AvgIpc) is 3.34. The van der Waals surface area contributed by atoms with Gasteiger partial charge in [-0.3, -0.25) is 9.59 Å². The lowest BCUT2D eigenvalue weighted by atomic mass is 10.1. The van der Waals surface area contributed by atoms with Gasteiger partial charge in [0.05, 0.1) is 6.61 Å².